The molecule has 120 valence electrons. The molecule has 0 saturated carbocycles. The Kier molecular flexibility index (Phi) is 4.92. The van der Waals surface area contributed by atoms with E-state index in [-0.39, 0.29) is 18.0 Å². The number of hydrogen-bond acceptors (Lipinski definition) is 3. The number of anilines is 1. The standard InChI is InChI=1S/C17H19N3O2S/c21-16-11-14(18-17(22)19-15-7-4-10-23-15)12-20(16)9-8-13-5-2-1-3-6-13/h1-7,10,14H,8-9,11-12H2,(H2,18,19,22). The van der Waals surface area contributed by atoms with Crippen LogP contribution in [-0.2, 0) is 11.2 Å². The highest BCUT2D eigenvalue weighted by atomic mass is 32.1. The largest absolute Gasteiger partial charge is 0.340 e. The third-order valence-electron chi connectivity index (χ3n) is 3.82. The van der Waals surface area contributed by atoms with Gasteiger partial charge in [0.15, 0.2) is 0 Å². The second-order valence-electron chi connectivity index (χ2n) is 5.55. The second kappa shape index (κ2) is 7.28. The van der Waals surface area contributed by atoms with Crippen LogP contribution in [0.2, 0.25) is 0 Å². The summed E-state index contributed by atoms with van der Waals surface area (Å²) >= 11 is 1.47. The highest BCUT2D eigenvalue weighted by Gasteiger charge is 2.30. The maximum Gasteiger partial charge on any atom is 0.320 e. The number of thiophene rings is 1. The van der Waals surface area contributed by atoms with E-state index in [1.54, 1.807) is 0 Å². The third kappa shape index (κ3) is 4.32. The number of carbonyl (C=O) groups is 2. The van der Waals surface area contributed by atoms with Crippen molar-refractivity contribution in [1.82, 2.24) is 10.2 Å². The zero-order valence-electron chi connectivity index (χ0n) is 12.7. The second-order valence-corrected chi connectivity index (χ2v) is 6.50. The molecule has 0 radical (unpaired) electrons. The molecule has 3 amide bonds. The number of rotatable bonds is 5. The number of hydrogen-bond donors (Lipinski definition) is 2. The van der Waals surface area contributed by atoms with E-state index in [0.29, 0.717) is 19.5 Å². The minimum Gasteiger partial charge on any atom is -0.340 e. The Morgan fingerprint density at radius 3 is 2.78 bits per heavy atom. The van der Waals surface area contributed by atoms with Gasteiger partial charge in [0.25, 0.3) is 0 Å². The van der Waals surface area contributed by atoms with Gasteiger partial charge < -0.3 is 10.2 Å². The fraction of sp³-hybridized carbons (Fsp3) is 0.294. The van der Waals surface area contributed by atoms with E-state index in [9.17, 15) is 9.59 Å². The van der Waals surface area contributed by atoms with E-state index >= 15 is 0 Å². The summed E-state index contributed by atoms with van der Waals surface area (Å²) in [4.78, 5) is 25.8. The summed E-state index contributed by atoms with van der Waals surface area (Å²) in [5.41, 5.74) is 1.21. The summed E-state index contributed by atoms with van der Waals surface area (Å²) in [5.74, 6) is 0.0994. The number of amides is 3. The quantitative estimate of drug-likeness (QED) is 0.886. The fourth-order valence-corrected chi connectivity index (χ4v) is 3.29. The van der Waals surface area contributed by atoms with Crippen molar-refractivity contribution in [2.75, 3.05) is 18.4 Å². The van der Waals surface area contributed by atoms with Gasteiger partial charge in [-0.05, 0) is 29.5 Å². The summed E-state index contributed by atoms with van der Waals surface area (Å²) in [6.45, 7) is 1.26. The first-order valence-corrected chi connectivity index (χ1v) is 8.51. The molecule has 0 bridgehead atoms. The molecule has 1 saturated heterocycles. The summed E-state index contributed by atoms with van der Waals surface area (Å²) in [6, 6.07) is 13.4. The van der Waals surface area contributed by atoms with Gasteiger partial charge in [-0.1, -0.05) is 30.3 Å². The van der Waals surface area contributed by atoms with Gasteiger partial charge in [-0.15, -0.1) is 11.3 Å². The molecule has 6 heteroatoms. The molecule has 1 fully saturated rings. The molecule has 3 rings (SSSR count). The Labute approximate surface area is 139 Å². The highest BCUT2D eigenvalue weighted by Crippen LogP contribution is 2.16. The van der Waals surface area contributed by atoms with Gasteiger partial charge in [-0.25, -0.2) is 4.79 Å². The Morgan fingerprint density at radius 2 is 2.04 bits per heavy atom. The van der Waals surface area contributed by atoms with Crippen LogP contribution >= 0.6 is 11.3 Å². The maximum atomic E-state index is 12.1. The number of nitrogens with zero attached hydrogens (tertiary/aromatic N) is 1. The van der Waals surface area contributed by atoms with E-state index in [0.717, 1.165) is 11.4 Å². The van der Waals surface area contributed by atoms with Crippen LogP contribution in [0.5, 0.6) is 0 Å². The normalized spacial score (nSPS) is 17.3. The van der Waals surface area contributed by atoms with Gasteiger partial charge in [0, 0.05) is 19.5 Å². The van der Waals surface area contributed by atoms with Crippen LogP contribution in [0.1, 0.15) is 12.0 Å². The molecular weight excluding hydrogens is 310 g/mol. The Morgan fingerprint density at radius 1 is 1.22 bits per heavy atom. The van der Waals surface area contributed by atoms with Crippen molar-refractivity contribution in [1.29, 1.82) is 0 Å². The highest BCUT2D eigenvalue weighted by molar-refractivity contribution is 7.14. The molecule has 1 aliphatic rings. The molecule has 2 heterocycles. The molecular formula is C17H19N3O2S. The fourth-order valence-electron chi connectivity index (χ4n) is 2.68. The van der Waals surface area contributed by atoms with E-state index < -0.39 is 0 Å². The van der Waals surface area contributed by atoms with Crippen molar-refractivity contribution in [3.05, 3.63) is 53.4 Å². The molecule has 1 aromatic heterocycles. The van der Waals surface area contributed by atoms with Crippen molar-refractivity contribution in [3.63, 3.8) is 0 Å². The molecule has 23 heavy (non-hydrogen) atoms. The smallest absolute Gasteiger partial charge is 0.320 e. The molecule has 1 unspecified atom stereocenters. The topological polar surface area (TPSA) is 61.4 Å². The minimum atomic E-state index is -0.254. The van der Waals surface area contributed by atoms with Crippen LogP contribution in [0.15, 0.2) is 47.8 Å². The lowest BCUT2D eigenvalue weighted by atomic mass is 10.1. The van der Waals surface area contributed by atoms with Crippen LogP contribution in [0.4, 0.5) is 9.80 Å². The Bertz CT molecular complexity index is 658. The zero-order chi connectivity index (χ0) is 16.1. The third-order valence-corrected chi connectivity index (χ3v) is 4.61. The number of urea groups is 1. The van der Waals surface area contributed by atoms with Gasteiger partial charge in [0.05, 0.1) is 11.0 Å². The van der Waals surface area contributed by atoms with E-state index in [4.69, 9.17) is 0 Å². The van der Waals surface area contributed by atoms with Gasteiger partial charge in [-0.3, -0.25) is 10.1 Å². The number of nitrogens with one attached hydrogen (secondary N) is 2. The monoisotopic (exact) mass is 329 g/mol. The average Bonchev–Trinajstić information content (AvgIpc) is 3.16. The summed E-state index contributed by atoms with van der Waals surface area (Å²) in [5, 5.41) is 8.35. The predicted octanol–water partition coefficient (Wildman–Crippen LogP) is 2.71. The Hall–Kier alpha value is -2.34. The lowest BCUT2D eigenvalue weighted by Crippen LogP contribution is -2.39. The molecule has 0 spiro atoms. The average molecular weight is 329 g/mol. The van der Waals surface area contributed by atoms with Crippen molar-refractivity contribution >= 4 is 28.3 Å². The van der Waals surface area contributed by atoms with Gasteiger partial charge in [-0.2, -0.15) is 0 Å². The van der Waals surface area contributed by atoms with Crippen LogP contribution in [-0.4, -0.2) is 36.0 Å². The number of likely N-dealkylation sites (tertiary alicyclic amines) is 1. The molecule has 5 nitrogen and oxygen atoms in total. The number of carbonyl (C=O) groups excluding carboxylic acids is 2. The lowest BCUT2D eigenvalue weighted by Gasteiger charge is -2.17. The number of benzene rings is 1. The maximum absolute atomic E-state index is 12.1. The van der Waals surface area contributed by atoms with Crippen molar-refractivity contribution in [3.8, 4) is 0 Å². The SMILES string of the molecule is O=C(Nc1cccs1)NC1CC(=O)N(CCc2ccccc2)C1. The van der Waals surface area contributed by atoms with Crippen molar-refractivity contribution in [2.24, 2.45) is 0 Å². The molecule has 1 atom stereocenters. The van der Waals surface area contributed by atoms with Gasteiger partial charge in [0.2, 0.25) is 5.91 Å². The van der Waals surface area contributed by atoms with Gasteiger partial charge >= 0.3 is 6.03 Å². The lowest BCUT2D eigenvalue weighted by molar-refractivity contribution is -0.127. The molecule has 1 aromatic carbocycles. The molecule has 1 aliphatic heterocycles. The van der Waals surface area contributed by atoms with Crippen LogP contribution in [0, 0.1) is 0 Å². The van der Waals surface area contributed by atoms with E-state index in [2.05, 4.69) is 22.8 Å². The zero-order valence-corrected chi connectivity index (χ0v) is 13.5. The Balaban J connectivity index is 1.46. The minimum absolute atomic E-state index is 0.0994. The summed E-state index contributed by atoms with van der Waals surface area (Å²) in [7, 11) is 0. The van der Waals surface area contributed by atoms with Crippen LogP contribution < -0.4 is 10.6 Å². The predicted molar refractivity (Wildman–Crippen MR) is 91.6 cm³/mol. The first kappa shape index (κ1) is 15.6. The van der Waals surface area contributed by atoms with Crippen molar-refractivity contribution < 1.29 is 9.59 Å². The summed E-state index contributed by atoms with van der Waals surface area (Å²) in [6.07, 6.45) is 1.20. The van der Waals surface area contributed by atoms with Crippen LogP contribution in [0.3, 0.4) is 0 Å². The van der Waals surface area contributed by atoms with Crippen molar-refractivity contribution in [2.45, 2.75) is 18.9 Å². The van der Waals surface area contributed by atoms with E-state index in [1.165, 1.54) is 16.9 Å². The van der Waals surface area contributed by atoms with E-state index in [1.807, 2.05) is 40.6 Å². The molecule has 0 aliphatic carbocycles. The van der Waals surface area contributed by atoms with Gasteiger partial charge in [0.1, 0.15) is 0 Å². The first-order chi connectivity index (χ1) is 11.2. The molecule has 2 N–H and O–H groups in total. The first-order valence-electron chi connectivity index (χ1n) is 7.63. The summed E-state index contributed by atoms with van der Waals surface area (Å²) < 4.78 is 0. The van der Waals surface area contributed by atoms with Crippen LogP contribution in [0.25, 0.3) is 0 Å². The molecule has 2 aromatic rings.